The molecule has 0 aliphatic carbocycles. The SMILES string of the molecule is CCn1ncnc1Cn1nnc(C(=O)O)c1C(C)(C)C. The molecular weight excluding hydrogens is 260 g/mol. The lowest BCUT2D eigenvalue weighted by Gasteiger charge is -2.20. The van der Waals surface area contributed by atoms with Crippen molar-refractivity contribution in [1.82, 2.24) is 29.8 Å². The molecule has 20 heavy (non-hydrogen) atoms. The van der Waals surface area contributed by atoms with E-state index in [1.54, 1.807) is 9.36 Å². The molecule has 0 aromatic carbocycles. The zero-order valence-electron chi connectivity index (χ0n) is 12.0. The lowest BCUT2D eigenvalue weighted by atomic mass is 9.90. The van der Waals surface area contributed by atoms with Gasteiger partial charge in [-0.05, 0) is 6.92 Å². The first kappa shape index (κ1) is 14.2. The van der Waals surface area contributed by atoms with E-state index in [-0.39, 0.29) is 11.1 Å². The van der Waals surface area contributed by atoms with Gasteiger partial charge < -0.3 is 5.11 Å². The maximum atomic E-state index is 11.3. The smallest absolute Gasteiger partial charge is 0.358 e. The van der Waals surface area contributed by atoms with Gasteiger partial charge in [0.25, 0.3) is 0 Å². The first-order valence-electron chi connectivity index (χ1n) is 6.38. The van der Waals surface area contributed by atoms with Gasteiger partial charge in [0.1, 0.15) is 18.7 Å². The van der Waals surface area contributed by atoms with Gasteiger partial charge in [0.05, 0.1) is 5.69 Å². The molecule has 0 bridgehead atoms. The highest BCUT2D eigenvalue weighted by atomic mass is 16.4. The summed E-state index contributed by atoms with van der Waals surface area (Å²) in [6.45, 7) is 8.80. The number of hydrogen-bond acceptors (Lipinski definition) is 5. The molecule has 0 spiro atoms. The van der Waals surface area contributed by atoms with Gasteiger partial charge in [-0.25, -0.2) is 19.1 Å². The molecule has 0 unspecified atom stereocenters. The molecule has 2 rings (SSSR count). The van der Waals surface area contributed by atoms with Gasteiger partial charge in [-0.15, -0.1) is 5.10 Å². The van der Waals surface area contributed by atoms with Crippen molar-refractivity contribution in [1.29, 1.82) is 0 Å². The average Bonchev–Trinajstić information content (AvgIpc) is 2.94. The van der Waals surface area contributed by atoms with Gasteiger partial charge in [-0.3, -0.25) is 0 Å². The summed E-state index contributed by atoms with van der Waals surface area (Å²) >= 11 is 0. The van der Waals surface area contributed by atoms with Crippen LogP contribution in [0.3, 0.4) is 0 Å². The number of carboxylic acids is 1. The third-order valence-corrected chi connectivity index (χ3v) is 2.93. The summed E-state index contributed by atoms with van der Waals surface area (Å²) in [6, 6.07) is 0. The Bertz CT molecular complexity index is 622. The molecule has 2 heterocycles. The van der Waals surface area contributed by atoms with E-state index in [0.29, 0.717) is 18.8 Å². The predicted octanol–water partition coefficient (Wildman–Crippen LogP) is 0.933. The van der Waals surface area contributed by atoms with Gasteiger partial charge in [0, 0.05) is 12.0 Å². The van der Waals surface area contributed by atoms with Crippen LogP contribution in [-0.4, -0.2) is 40.8 Å². The Labute approximate surface area is 116 Å². The minimum atomic E-state index is -1.07. The number of carbonyl (C=O) groups is 1. The number of aromatic nitrogens is 6. The Kier molecular flexibility index (Phi) is 3.56. The maximum absolute atomic E-state index is 11.3. The Morgan fingerprint density at radius 3 is 2.60 bits per heavy atom. The number of rotatable bonds is 4. The topological polar surface area (TPSA) is 98.7 Å². The van der Waals surface area contributed by atoms with Crippen LogP contribution in [0.2, 0.25) is 0 Å². The largest absolute Gasteiger partial charge is 0.476 e. The molecule has 0 aliphatic rings. The first-order valence-corrected chi connectivity index (χ1v) is 6.38. The van der Waals surface area contributed by atoms with Crippen molar-refractivity contribution >= 4 is 5.97 Å². The molecule has 0 amide bonds. The molecule has 0 saturated heterocycles. The van der Waals surface area contributed by atoms with Gasteiger partial charge in [0.15, 0.2) is 5.69 Å². The van der Waals surface area contributed by atoms with Crippen LogP contribution in [0.1, 0.15) is 49.7 Å². The van der Waals surface area contributed by atoms with E-state index in [1.165, 1.54) is 6.33 Å². The molecule has 8 heteroatoms. The first-order chi connectivity index (χ1) is 9.34. The van der Waals surface area contributed by atoms with Crippen LogP contribution in [-0.2, 0) is 18.5 Å². The van der Waals surface area contributed by atoms with Gasteiger partial charge >= 0.3 is 5.97 Å². The van der Waals surface area contributed by atoms with Crippen LogP contribution in [0.5, 0.6) is 0 Å². The molecule has 8 nitrogen and oxygen atoms in total. The van der Waals surface area contributed by atoms with Crippen LogP contribution in [0, 0.1) is 0 Å². The summed E-state index contributed by atoms with van der Waals surface area (Å²) in [7, 11) is 0. The molecule has 0 atom stereocenters. The maximum Gasteiger partial charge on any atom is 0.358 e. The Morgan fingerprint density at radius 1 is 1.35 bits per heavy atom. The fourth-order valence-corrected chi connectivity index (χ4v) is 2.12. The minimum Gasteiger partial charge on any atom is -0.476 e. The van der Waals surface area contributed by atoms with Gasteiger partial charge in [-0.1, -0.05) is 26.0 Å². The van der Waals surface area contributed by atoms with Crippen molar-refractivity contribution in [2.45, 2.75) is 46.2 Å². The van der Waals surface area contributed by atoms with E-state index in [1.807, 2.05) is 27.7 Å². The van der Waals surface area contributed by atoms with E-state index >= 15 is 0 Å². The second kappa shape index (κ2) is 5.03. The van der Waals surface area contributed by atoms with Gasteiger partial charge in [-0.2, -0.15) is 5.10 Å². The molecular formula is C12H18N6O2. The molecule has 0 saturated carbocycles. The lowest BCUT2D eigenvalue weighted by molar-refractivity contribution is 0.0687. The number of aromatic carboxylic acids is 1. The number of aryl methyl sites for hydroxylation is 1. The normalized spacial score (nSPS) is 11.8. The molecule has 0 aliphatic heterocycles. The molecule has 2 aromatic heterocycles. The fraction of sp³-hybridized carbons (Fsp3) is 0.583. The van der Waals surface area contributed by atoms with Crippen molar-refractivity contribution in [2.24, 2.45) is 0 Å². The molecule has 0 radical (unpaired) electrons. The highest BCUT2D eigenvalue weighted by Crippen LogP contribution is 2.25. The summed E-state index contributed by atoms with van der Waals surface area (Å²) in [4.78, 5) is 15.4. The van der Waals surface area contributed by atoms with Crippen molar-refractivity contribution in [3.63, 3.8) is 0 Å². The van der Waals surface area contributed by atoms with Crippen molar-refractivity contribution in [3.05, 3.63) is 23.5 Å². The molecule has 108 valence electrons. The van der Waals surface area contributed by atoms with E-state index in [9.17, 15) is 9.90 Å². The zero-order chi connectivity index (χ0) is 14.9. The summed E-state index contributed by atoms with van der Waals surface area (Å²) in [5, 5.41) is 21.0. The van der Waals surface area contributed by atoms with Crippen LogP contribution in [0.25, 0.3) is 0 Å². The summed E-state index contributed by atoms with van der Waals surface area (Å²) in [5.74, 6) is -0.349. The Balaban J connectivity index is 2.45. The van der Waals surface area contributed by atoms with Crippen LogP contribution >= 0.6 is 0 Å². The highest BCUT2D eigenvalue weighted by Gasteiger charge is 2.29. The minimum absolute atomic E-state index is 0.0138. The van der Waals surface area contributed by atoms with Crippen molar-refractivity contribution in [3.8, 4) is 0 Å². The number of carboxylic acid groups (broad SMARTS) is 1. The highest BCUT2D eigenvalue weighted by molar-refractivity contribution is 5.86. The van der Waals surface area contributed by atoms with Crippen LogP contribution < -0.4 is 0 Å². The second-order valence-corrected chi connectivity index (χ2v) is 5.49. The summed E-state index contributed by atoms with van der Waals surface area (Å²) < 4.78 is 3.33. The van der Waals surface area contributed by atoms with E-state index < -0.39 is 5.97 Å². The third kappa shape index (κ3) is 2.54. The summed E-state index contributed by atoms with van der Waals surface area (Å²) in [5.41, 5.74) is 0.185. The van der Waals surface area contributed by atoms with Crippen molar-refractivity contribution in [2.75, 3.05) is 0 Å². The quantitative estimate of drug-likeness (QED) is 0.893. The standard InChI is InChI=1S/C12H18N6O2/c1-5-17-8(13-7-14-17)6-18-10(12(2,3)4)9(11(19)20)15-16-18/h7H,5-6H2,1-4H3,(H,19,20). The monoisotopic (exact) mass is 278 g/mol. The summed E-state index contributed by atoms with van der Waals surface area (Å²) in [6.07, 6.45) is 1.48. The molecule has 1 N–H and O–H groups in total. The van der Waals surface area contributed by atoms with Gasteiger partial charge in [0.2, 0.25) is 0 Å². The van der Waals surface area contributed by atoms with Crippen LogP contribution in [0.4, 0.5) is 0 Å². The van der Waals surface area contributed by atoms with E-state index in [2.05, 4.69) is 20.4 Å². The Morgan fingerprint density at radius 2 is 2.05 bits per heavy atom. The average molecular weight is 278 g/mol. The third-order valence-electron chi connectivity index (χ3n) is 2.93. The van der Waals surface area contributed by atoms with Crippen LogP contribution in [0.15, 0.2) is 6.33 Å². The van der Waals surface area contributed by atoms with E-state index in [0.717, 1.165) is 5.82 Å². The van der Waals surface area contributed by atoms with E-state index in [4.69, 9.17) is 0 Å². The number of nitrogens with zero attached hydrogens (tertiary/aromatic N) is 6. The fourth-order valence-electron chi connectivity index (χ4n) is 2.12. The Hall–Kier alpha value is -2.25. The molecule has 0 fully saturated rings. The number of hydrogen-bond donors (Lipinski definition) is 1. The molecule has 2 aromatic rings. The zero-order valence-corrected chi connectivity index (χ0v) is 12.0. The predicted molar refractivity (Wildman–Crippen MR) is 70.5 cm³/mol. The lowest BCUT2D eigenvalue weighted by Crippen LogP contribution is -2.23. The van der Waals surface area contributed by atoms with Crippen molar-refractivity contribution < 1.29 is 9.90 Å². The second-order valence-electron chi connectivity index (χ2n) is 5.49.